The van der Waals surface area contributed by atoms with Crippen molar-refractivity contribution in [1.82, 2.24) is 4.90 Å². The Hall–Kier alpha value is -0.853. The van der Waals surface area contributed by atoms with Crippen LogP contribution in [0.2, 0.25) is 0 Å². The molecule has 5 heteroatoms. The van der Waals surface area contributed by atoms with E-state index in [1.807, 2.05) is 0 Å². The topological polar surface area (TPSA) is 20.3 Å². The van der Waals surface area contributed by atoms with Crippen molar-refractivity contribution in [3.63, 3.8) is 0 Å². The largest absolute Gasteiger partial charge is 1.00 e. The van der Waals surface area contributed by atoms with Gasteiger partial charge in [-0.25, -0.2) is 0 Å². The summed E-state index contributed by atoms with van der Waals surface area (Å²) in [7, 11) is 0. The van der Waals surface area contributed by atoms with Crippen LogP contribution in [0.5, 0.6) is 0 Å². The SMILES string of the molecule is C=C(F)F.C=CN1CCCC1=O.[CH-]=C.[Li+]. The monoisotopic (exact) mass is 209 g/mol. The van der Waals surface area contributed by atoms with Gasteiger partial charge in [-0.15, -0.1) is 0 Å². The van der Waals surface area contributed by atoms with Gasteiger partial charge in [0, 0.05) is 13.0 Å². The molecule has 0 bridgehead atoms. The predicted octanol–water partition coefficient (Wildman–Crippen LogP) is -0.242. The van der Waals surface area contributed by atoms with Crippen LogP contribution in [0, 0.1) is 6.58 Å². The van der Waals surface area contributed by atoms with E-state index in [9.17, 15) is 13.6 Å². The number of rotatable bonds is 1. The summed E-state index contributed by atoms with van der Waals surface area (Å²) >= 11 is 0. The van der Waals surface area contributed by atoms with E-state index < -0.39 is 6.08 Å². The van der Waals surface area contributed by atoms with Crippen molar-refractivity contribution in [1.29, 1.82) is 0 Å². The van der Waals surface area contributed by atoms with E-state index >= 15 is 0 Å². The molecule has 0 aliphatic carbocycles. The molecule has 1 amide bonds. The van der Waals surface area contributed by atoms with E-state index in [0.717, 1.165) is 13.0 Å². The predicted molar refractivity (Wildman–Crippen MR) is 52.4 cm³/mol. The van der Waals surface area contributed by atoms with Gasteiger partial charge in [0.25, 0.3) is 6.08 Å². The molecule has 0 atom stereocenters. The Morgan fingerprint density at radius 3 is 2.00 bits per heavy atom. The molecule has 0 N–H and O–H groups in total. The van der Waals surface area contributed by atoms with E-state index in [0.29, 0.717) is 6.42 Å². The maximum Gasteiger partial charge on any atom is 1.00 e. The first-order valence-electron chi connectivity index (χ1n) is 3.90. The van der Waals surface area contributed by atoms with Gasteiger partial charge >= 0.3 is 18.9 Å². The van der Waals surface area contributed by atoms with Crippen molar-refractivity contribution in [3.05, 3.63) is 38.6 Å². The van der Waals surface area contributed by atoms with Gasteiger partial charge in [0.15, 0.2) is 0 Å². The Morgan fingerprint density at radius 2 is 1.87 bits per heavy atom. The minimum absolute atomic E-state index is 0. The minimum Gasteiger partial charge on any atom is -0.521 e. The fourth-order valence-electron chi connectivity index (χ4n) is 0.862. The number of amides is 1. The third-order valence-electron chi connectivity index (χ3n) is 1.33. The Balaban J connectivity index is -0.000000179. The van der Waals surface area contributed by atoms with Gasteiger partial charge in [-0.2, -0.15) is 8.78 Å². The van der Waals surface area contributed by atoms with Crippen molar-refractivity contribution in [2.75, 3.05) is 6.54 Å². The van der Waals surface area contributed by atoms with Crippen LogP contribution in [0.15, 0.2) is 32.0 Å². The van der Waals surface area contributed by atoms with Crippen LogP contribution >= 0.6 is 0 Å². The van der Waals surface area contributed by atoms with E-state index in [2.05, 4.69) is 26.3 Å². The van der Waals surface area contributed by atoms with E-state index in [1.165, 1.54) is 0 Å². The third-order valence-corrected chi connectivity index (χ3v) is 1.33. The van der Waals surface area contributed by atoms with Gasteiger partial charge < -0.3 is 11.5 Å². The minimum atomic E-state index is -1.83. The fourth-order valence-corrected chi connectivity index (χ4v) is 0.862. The first kappa shape index (κ1) is 19.7. The molecule has 15 heavy (non-hydrogen) atoms. The first-order chi connectivity index (χ1) is 6.57. The van der Waals surface area contributed by atoms with Crippen LogP contribution in [0.4, 0.5) is 8.78 Å². The van der Waals surface area contributed by atoms with Crippen LogP contribution in [0.25, 0.3) is 0 Å². The van der Waals surface area contributed by atoms with Gasteiger partial charge in [0.2, 0.25) is 5.91 Å². The molecule has 0 spiro atoms. The van der Waals surface area contributed by atoms with Crippen LogP contribution < -0.4 is 18.9 Å². The number of halogens is 2. The summed E-state index contributed by atoms with van der Waals surface area (Å²) in [6.45, 7) is 13.6. The molecule has 1 heterocycles. The molecule has 80 valence electrons. The van der Waals surface area contributed by atoms with Gasteiger partial charge in [0.05, 0.1) is 0 Å². The van der Waals surface area contributed by atoms with Gasteiger partial charge in [0.1, 0.15) is 0 Å². The molecular weight excluding hydrogens is 195 g/mol. The van der Waals surface area contributed by atoms with Gasteiger partial charge in [-0.3, -0.25) is 11.4 Å². The maximum absolute atomic E-state index is 10.7. The third kappa shape index (κ3) is 13.1. The zero-order chi connectivity index (χ0) is 11.6. The molecule has 1 aliphatic rings. The molecule has 1 fully saturated rings. The average molecular weight is 209 g/mol. The second kappa shape index (κ2) is 13.1. The Labute approximate surface area is 102 Å². The number of hydrogen-bond acceptors (Lipinski definition) is 1. The molecule has 0 unspecified atom stereocenters. The standard InChI is InChI=1S/C6H9NO.C2H2F2.C2H3.Li/c1-2-7-5-3-4-6(7)8;1-2(3)4;1-2;/h2H,1,3-5H2;1H2;1H,2H2;/q;;-1;+1. The molecule has 0 aromatic rings. The molecule has 0 aromatic carbocycles. The number of likely N-dealkylation sites (tertiary alicyclic amines) is 1. The van der Waals surface area contributed by atoms with Gasteiger partial charge in [-0.1, -0.05) is 6.58 Å². The molecule has 1 rings (SSSR count). The number of hydrogen-bond donors (Lipinski definition) is 0. The zero-order valence-electron chi connectivity index (χ0n) is 9.01. The van der Waals surface area contributed by atoms with E-state index in [1.54, 1.807) is 11.1 Å². The second-order valence-corrected chi connectivity index (χ2v) is 2.21. The van der Waals surface area contributed by atoms with Crippen LogP contribution in [-0.4, -0.2) is 17.4 Å². The van der Waals surface area contributed by atoms with Crippen molar-refractivity contribution >= 4 is 5.91 Å². The van der Waals surface area contributed by atoms with Gasteiger partial charge in [-0.05, 0) is 19.2 Å². The average Bonchev–Trinajstić information content (AvgIpc) is 2.53. The van der Waals surface area contributed by atoms with Crippen LogP contribution in [-0.2, 0) is 4.79 Å². The summed E-state index contributed by atoms with van der Waals surface area (Å²) < 4.78 is 20.3. The van der Waals surface area contributed by atoms with Crippen molar-refractivity contribution in [2.24, 2.45) is 0 Å². The molecule has 1 saturated heterocycles. The smallest absolute Gasteiger partial charge is 0.521 e. The molecule has 0 aromatic heterocycles. The normalized spacial score (nSPS) is 12.4. The second-order valence-electron chi connectivity index (χ2n) is 2.21. The molecule has 1 aliphatic heterocycles. The zero-order valence-corrected chi connectivity index (χ0v) is 9.01. The van der Waals surface area contributed by atoms with Crippen molar-refractivity contribution in [3.8, 4) is 0 Å². The van der Waals surface area contributed by atoms with Crippen LogP contribution in [0.1, 0.15) is 12.8 Å². The summed E-state index contributed by atoms with van der Waals surface area (Å²) in [5.41, 5.74) is 0. The van der Waals surface area contributed by atoms with Crippen LogP contribution in [0.3, 0.4) is 0 Å². The summed E-state index contributed by atoms with van der Waals surface area (Å²) in [4.78, 5) is 12.3. The molecule has 0 saturated carbocycles. The summed E-state index contributed by atoms with van der Waals surface area (Å²) in [5, 5.41) is 0. The quantitative estimate of drug-likeness (QED) is 0.431. The Bertz CT molecular complexity index is 206. The molecule has 0 radical (unpaired) electrons. The van der Waals surface area contributed by atoms with E-state index in [-0.39, 0.29) is 24.8 Å². The number of carbonyl (C=O) groups excluding carboxylic acids is 1. The fraction of sp³-hybridized carbons (Fsp3) is 0.300. The molecular formula is C10H14F2LiNO. The van der Waals surface area contributed by atoms with Crippen molar-refractivity contribution in [2.45, 2.75) is 12.8 Å². The van der Waals surface area contributed by atoms with E-state index in [4.69, 9.17) is 0 Å². The Morgan fingerprint density at radius 1 is 1.47 bits per heavy atom. The summed E-state index contributed by atoms with van der Waals surface area (Å²) in [5.74, 6) is 0.208. The molecule has 2 nitrogen and oxygen atoms in total. The summed E-state index contributed by atoms with van der Waals surface area (Å²) in [6, 6.07) is 0. The maximum atomic E-state index is 10.7. The van der Waals surface area contributed by atoms with Crippen molar-refractivity contribution < 1.29 is 32.4 Å². The first-order valence-corrected chi connectivity index (χ1v) is 3.90. The number of carbonyl (C=O) groups is 1. The Kier molecular flexibility index (Phi) is 17.2. The number of nitrogens with zero attached hydrogens (tertiary/aromatic N) is 1. The summed E-state index contributed by atoms with van der Waals surface area (Å²) in [6.07, 6.45) is 1.45.